The second-order valence-corrected chi connectivity index (χ2v) is 3.03. The van der Waals surface area contributed by atoms with Crippen LogP contribution in [0.4, 0.5) is 4.79 Å². The number of urea groups is 1. The number of nitrogens with two attached hydrogens (primary N) is 1. The number of likely N-dealkylation sites (N-methyl/N-ethyl adjacent to an activating group) is 1. The van der Waals surface area contributed by atoms with Crippen LogP contribution in [0.1, 0.15) is 19.8 Å². The molecule has 0 aromatic carbocycles. The van der Waals surface area contributed by atoms with E-state index in [9.17, 15) is 9.59 Å². The summed E-state index contributed by atoms with van der Waals surface area (Å²) >= 11 is 0. The Labute approximate surface area is 77.3 Å². The van der Waals surface area contributed by atoms with Crippen molar-refractivity contribution < 1.29 is 9.59 Å². The standard InChI is InChI=1S/C8H15N3O2/c1-2-11-6(4-3-5-9)7(12)10-8(11)13/h6H,2-5,9H2,1H3,(H,10,12,13)/t6-/m0/s1. The molecule has 0 bridgehead atoms. The molecule has 0 radical (unpaired) electrons. The van der Waals surface area contributed by atoms with E-state index >= 15 is 0 Å². The van der Waals surface area contributed by atoms with Crippen LogP contribution < -0.4 is 11.1 Å². The van der Waals surface area contributed by atoms with Gasteiger partial charge in [-0.1, -0.05) is 0 Å². The van der Waals surface area contributed by atoms with Crippen LogP contribution in [-0.2, 0) is 4.79 Å². The van der Waals surface area contributed by atoms with Crippen molar-refractivity contribution in [3.8, 4) is 0 Å². The molecule has 1 heterocycles. The zero-order chi connectivity index (χ0) is 9.84. The molecule has 3 N–H and O–H groups in total. The Balaban J connectivity index is 2.58. The summed E-state index contributed by atoms with van der Waals surface area (Å²) in [7, 11) is 0. The number of nitrogens with zero attached hydrogens (tertiary/aromatic N) is 1. The molecule has 1 saturated heterocycles. The van der Waals surface area contributed by atoms with Crippen molar-refractivity contribution in [2.24, 2.45) is 5.73 Å². The van der Waals surface area contributed by atoms with Crippen molar-refractivity contribution in [1.29, 1.82) is 0 Å². The number of imide groups is 1. The molecule has 1 aliphatic heterocycles. The zero-order valence-electron chi connectivity index (χ0n) is 7.75. The molecule has 0 saturated carbocycles. The van der Waals surface area contributed by atoms with E-state index in [1.807, 2.05) is 6.92 Å². The van der Waals surface area contributed by atoms with Gasteiger partial charge in [-0.2, -0.15) is 0 Å². The van der Waals surface area contributed by atoms with Gasteiger partial charge in [-0.15, -0.1) is 0 Å². The third-order valence-corrected chi connectivity index (χ3v) is 2.19. The molecular weight excluding hydrogens is 170 g/mol. The predicted molar refractivity (Wildman–Crippen MR) is 48.0 cm³/mol. The molecule has 1 aliphatic rings. The lowest BCUT2D eigenvalue weighted by Gasteiger charge is -2.18. The van der Waals surface area contributed by atoms with Gasteiger partial charge in [-0.25, -0.2) is 4.79 Å². The van der Waals surface area contributed by atoms with Crippen LogP contribution in [0.5, 0.6) is 0 Å². The highest BCUT2D eigenvalue weighted by Crippen LogP contribution is 2.12. The number of hydrogen-bond acceptors (Lipinski definition) is 3. The molecule has 13 heavy (non-hydrogen) atoms. The largest absolute Gasteiger partial charge is 0.330 e. The van der Waals surface area contributed by atoms with E-state index in [0.717, 1.165) is 6.42 Å². The summed E-state index contributed by atoms with van der Waals surface area (Å²) in [5.74, 6) is -0.194. The molecule has 5 heteroatoms. The van der Waals surface area contributed by atoms with Crippen LogP contribution in [0, 0.1) is 0 Å². The highest BCUT2D eigenvalue weighted by atomic mass is 16.2. The van der Waals surface area contributed by atoms with E-state index in [-0.39, 0.29) is 18.0 Å². The van der Waals surface area contributed by atoms with Gasteiger partial charge in [0.25, 0.3) is 5.91 Å². The Morgan fingerprint density at radius 2 is 2.23 bits per heavy atom. The van der Waals surface area contributed by atoms with E-state index in [4.69, 9.17) is 5.73 Å². The van der Waals surface area contributed by atoms with Crippen molar-refractivity contribution in [3.63, 3.8) is 0 Å². The molecule has 0 aromatic rings. The maximum atomic E-state index is 11.2. The van der Waals surface area contributed by atoms with Crippen molar-refractivity contribution >= 4 is 11.9 Å². The molecular formula is C8H15N3O2. The van der Waals surface area contributed by atoms with E-state index in [1.54, 1.807) is 0 Å². The average molecular weight is 185 g/mol. The van der Waals surface area contributed by atoms with Crippen LogP contribution in [0.2, 0.25) is 0 Å². The van der Waals surface area contributed by atoms with Gasteiger partial charge in [0, 0.05) is 6.54 Å². The van der Waals surface area contributed by atoms with Crippen molar-refractivity contribution in [2.75, 3.05) is 13.1 Å². The normalized spacial score (nSPS) is 22.3. The third-order valence-electron chi connectivity index (χ3n) is 2.19. The molecule has 0 unspecified atom stereocenters. The predicted octanol–water partition coefficient (Wildman–Crippen LogP) is -0.334. The lowest BCUT2D eigenvalue weighted by atomic mass is 10.1. The second-order valence-electron chi connectivity index (χ2n) is 3.03. The first-order chi connectivity index (χ1) is 6.20. The third kappa shape index (κ3) is 1.98. The van der Waals surface area contributed by atoms with Crippen molar-refractivity contribution in [2.45, 2.75) is 25.8 Å². The fraction of sp³-hybridized carbons (Fsp3) is 0.750. The van der Waals surface area contributed by atoms with Gasteiger partial charge in [0.2, 0.25) is 0 Å². The Morgan fingerprint density at radius 1 is 1.54 bits per heavy atom. The molecule has 5 nitrogen and oxygen atoms in total. The number of hydrogen-bond donors (Lipinski definition) is 2. The van der Waals surface area contributed by atoms with Crippen LogP contribution in [0.15, 0.2) is 0 Å². The minimum absolute atomic E-state index is 0.194. The molecule has 74 valence electrons. The van der Waals surface area contributed by atoms with Crippen LogP contribution >= 0.6 is 0 Å². The zero-order valence-corrected chi connectivity index (χ0v) is 7.75. The number of carbonyl (C=O) groups excluding carboxylic acids is 2. The van der Waals surface area contributed by atoms with Gasteiger partial charge in [-0.3, -0.25) is 10.1 Å². The Bertz CT molecular complexity index is 217. The fourth-order valence-corrected chi connectivity index (χ4v) is 1.51. The summed E-state index contributed by atoms with van der Waals surface area (Å²) in [6.07, 6.45) is 1.42. The van der Waals surface area contributed by atoms with Crippen LogP contribution in [0.3, 0.4) is 0 Å². The number of amides is 3. The SMILES string of the molecule is CCN1C(=O)NC(=O)[C@@H]1CCCN. The lowest BCUT2D eigenvalue weighted by Crippen LogP contribution is -2.35. The van der Waals surface area contributed by atoms with Crippen molar-refractivity contribution in [1.82, 2.24) is 10.2 Å². The minimum Gasteiger partial charge on any atom is -0.330 e. The van der Waals surface area contributed by atoms with E-state index in [1.165, 1.54) is 4.90 Å². The molecule has 1 rings (SSSR count). The first kappa shape index (κ1) is 9.98. The Kier molecular flexibility index (Phi) is 3.25. The Hall–Kier alpha value is -1.10. The average Bonchev–Trinajstić information content (AvgIpc) is 2.37. The Morgan fingerprint density at radius 3 is 2.77 bits per heavy atom. The summed E-state index contributed by atoms with van der Waals surface area (Å²) in [6.45, 7) is 2.97. The van der Waals surface area contributed by atoms with E-state index in [0.29, 0.717) is 19.5 Å². The summed E-state index contributed by atoms with van der Waals surface area (Å²) in [5.41, 5.74) is 5.34. The second kappa shape index (κ2) is 4.23. The molecule has 3 amide bonds. The number of rotatable bonds is 4. The van der Waals surface area contributed by atoms with Gasteiger partial charge in [0.05, 0.1) is 0 Å². The monoisotopic (exact) mass is 185 g/mol. The smallest absolute Gasteiger partial charge is 0.324 e. The highest BCUT2D eigenvalue weighted by molar-refractivity contribution is 6.04. The van der Waals surface area contributed by atoms with Gasteiger partial charge in [0.15, 0.2) is 0 Å². The maximum absolute atomic E-state index is 11.2. The molecule has 0 aliphatic carbocycles. The molecule has 0 spiro atoms. The quantitative estimate of drug-likeness (QED) is 0.589. The molecule has 0 aromatic heterocycles. The molecule has 1 fully saturated rings. The van der Waals surface area contributed by atoms with E-state index < -0.39 is 0 Å². The first-order valence-corrected chi connectivity index (χ1v) is 4.52. The lowest BCUT2D eigenvalue weighted by molar-refractivity contribution is -0.121. The maximum Gasteiger partial charge on any atom is 0.324 e. The van der Waals surface area contributed by atoms with Crippen LogP contribution in [0.25, 0.3) is 0 Å². The summed E-state index contributed by atoms with van der Waals surface area (Å²) in [5, 5.41) is 2.28. The summed E-state index contributed by atoms with van der Waals surface area (Å²) < 4.78 is 0. The van der Waals surface area contributed by atoms with Gasteiger partial charge >= 0.3 is 6.03 Å². The molecule has 1 atom stereocenters. The van der Waals surface area contributed by atoms with Gasteiger partial charge in [0.1, 0.15) is 6.04 Å². The summed E-state index contributed by atoms with van der Waals surface area (Å²) in [6, 6.07) is -0.587. The number of nitrogens with one attached hydrogen (secondary N) is 1. The van der Waals surface area contributed by atoms with Gasteiger partial charge in [-0.05, 0) is 26.3 Å². The van der Waals surface area contributed by atoms with Gasteiger partial charge < -0.3 is 10.6 Å². The van der Waals surface area contributed by atoms with Crippen molar-refractivity contribution in [3.05, 3.63) is 0 Å². The topological polar surface area (TPSA) is 75.4 Å². The first-order valence-electron chi connectivity index (χ1n) is 4.52. The number of carbonyl (C=O) groups is 2. The fourth-order valence-electron chi connectivity index (χ4n) is 1.51. The minimum atomic E-state index is -0.305. The highest BCUT2D eigenvalue weighted by Gasteiger charge is 2.36. The van der Waals surface area contributed by atoms with Crippen LogP contribution in [-0.4, -0.2) is 36.0 Å². The van der Waals surface area contributed by atoms with E-state index in [2.05, 4.69) is 5.32 Å². The summed E-state index contributed by atoms with van der Waals surface area (Å²) in [4.78, 5) is 23.9.